The Kier molecular flexibility index (Phi) is 3.00. The number of fused-ring (bicyclic) bond motifs is 2. The molecule has 2 aliphatic heterocycles. The van der Waals surface area contributed by atoms with Gasteiger partial charge in [0.1, 0.15) is 16.9 Å². The average molecular weight is 290 g/mol. The molecule has 2 atom stereocenters. The third-order valence-electron chi connectivity index (χ3n) is 4.68. The van der Waals surface area contributed by atoms with E-state index < -0.39 is 0 Å². The number of nitrogens with zero attached hydrogens (tertiary/aromatic N) is 3. The molecular formula is C14H18N4OS. The van der Waals surface area contributed by atoms with E-state index in [-0.39, 0.29) is 5.91 Å². The van der Waals surface area contributed by atoms with Crippen LogP contribution in [0.1, 0.15) is 23.3 Å². The molecule has 2 saturated heterocycles. The predicted molar refractivity (Wildman–Crippen MR) is 78.1 cm³/mol. The first kappa shape index (κ1) is 12.3. The topological polar surface area (TPSA) is 49.6 Å². The molecule has 0 unspecified atom stereocenters. The lowest BCUT2D eigenvalue weighted by Gasteiger charge is -2.20. The number of rotatable bonds is 1. The van der Waals surface area contributed by atoms with Gasteiger partial charge in [-0.2, -0.15) is 0 Å². The molecule has 6 heteroatoms. The largest absolute Gasteiger partial charge is 0.337 e. The first-order valence-electron chi connectivity index (χ1n) is 7.22. The number of imidazole rings is 1. The van der Waals surface area contributed by atoms with Crippen molar-refractivity contribution in [2.75, 3.05) is 26.2 Å². The molecule has 2 aromatic rings. The van der Waals surface area contributed by atoms with Gasteiger partial charge in [-0.25, -0.2) is 4.98 Å². The summed E-state index contributed by atoms with van der Waals surface area (Å²) in [6.45, 7) is 4.01. The smallest absolute Gasteiger partial charge is 0.271 e. The van der Waals surface area contributed by atoms with E-state index in [2.05, 4.69) is 10.3 Å². The van der Waals surface area contributed by atoms with Gasteiger partial charge in [0.05, 0.1) is 6.20 Å². The molecule has 5 nitrogen and oxygen atoms in total. The third-order valence-corrected chi connectivity index (χ3v) is 5.57. The van der Waals surface area contributed by atoms with Crippen LogP contribution in [0.15, 0.2) is 17.9 Å². The molecule has 0 saturated carbocycles. The van der Waals surface area contributed by atoms with Crippen molar-refractivity contribution in [3.8, 4) is 0 Å². The number of hydrogen-bond acceptors (Lipinski definition) is 4. The summed E-state index contributed by atoms with van der Waals surface area (Å²) in [6, 6.07) is 0. The molecule has 0 aliphatic carbocycles. The maximum absolute atomic E-state index is 12.7. The number of carbonyl (C=O) groups is 1. The molecule has 106 valence electrons. The van der Waals surface area contributed by atoms with Gasteiger partial charge in [0, 0.05) is 18.5 Å². The van der Waals surface area contributed by atoms with Gasteiger partial charge in [0.15, 0.2) is 0 Å². The van der Waals surface area contributed by atoms with E-state index in [9.17, 15) is 4.79 Å². The summed E-state index contributed by atoms with van der Waals surface area (Å²) in [4.78, 5) is 19.9. The van der Waals surface area contributed by atoms with Crippen LogP contribution in [0.3, 0.4) is 0 Å². The number of likely N-dealkylation sites (tertiary alicyclic amines) is 1. The van der Waals surface area contributed by atoms with Crippen LogP contribution in [-0.2, 0) is 0 Å². The van der Waals surface area contributed by atoms with Gasteiger partial charge < -0.3 is 10.2 Å². The summed E-state index contributed by atoms with van der Waals surface area (Å²) in [5.74, 6) is 1.66. The van der Waals surface area contributed by atoms with Gasteiger partial charge in [-0.15, -0.1) is 11.3 Å². The Balaban J connectivity index is 1.55. The van der Waals surface area contributed by atoms with Crippen molar-refractivity contribution in [3.63, 3.8) is 0 Å². The number of hydrogen-bond donors (Lipinski definition) is 1. The second kappa shape index (κ2) is 4.86. The highest BCUT2D eigenvalue weighted by Crippen LogP contribution is 2.28. The first-order valence-corrected chi connectivity index (χ1v) is 8.10. The Morgan fingerprint density at radius 2 is 2.05 bits per heavy atom. The van der Waals surface area contributed by atoms with Crippen LogP contribution in [0.4, 0.5) is 0 Å². The van der Waals surface area contributed by atoms with E-state index >= 15 is 0 Å². The van der Waals surface area contributed by atoms with Crippen molar-refractivity contribution in [2.24, 2.45) is 11.8 Å². The lowest BCUT2D eigenvalue weighted by atomic mass is 9.92. The summed E-state index contributed by atoms with van der Waals surface area (Å²) in [7, 11) is 0. The van der Waals surface area contributed by atoms with Crippen molar-refractivity contribution >= 4 is 22.1 Å². The molecule has 0 aromatic carbocycles. The molecule has 2 aromatic heterocycles. The van der Waals surface area contributed by atoms with E-state index in [0.717, 1.165) is 61.4 Å². The van der Waals surface area contributed by atoms with Gasteiger partial charge in [-0.3, -0.25) is 9.20 Å². The fourth-order valence-electron chi connectivity index (χ4n) is 3.46. The second-order valence-corrected chi connectivity index (χ2v) is 6.66. The Bertz CT molecular complexity index is 620. The quantitative estimate of drug-likeness (QED) is 0.865. The maximum Gasteiger partial charge on any atom is 0.271 e. The minimum atomic E-state index is 0.155. The molecule has 4 rings (SSSR count). The van der Waals surface area contributed by atoms with Gasteiger partial charge in [-0.1, -0.05) is 0 Å². The minimum absolute atomic E-state index is 0.155. The maximum atomic E-state index is 12.7. The lowest BCUT2D eigenvalue weighted by Crippen LogP contribution is -2.33. The molecule has 0 radical (unpaired) electrons. The monoisotopic (exact) mass is 290 g/mol. The summed E-state index contributed by atoms with van der Waals surface area (Å²) in [5, 5.41) is 5.42. The van der Waals surface area contributed by atoms with Crippen LogP contribution in [0, 0.1) is 11.8 Å². The Morgan fingerprint density at radius 1 is 1.30 bits per heavy atom. The second-order valence-electron chi connectivity index (χ2n) is 5.77. The molecule has 1 N–H and O–H groups in total. The Hall–Kier alpha value is -1.40. The van der Waals surface area contributed by atoms with Crippen molar-refractivity contribution in [1.29, 1.82) is 0 Å². The molecule has 2 fully saturated rings. The predicted octanol–water partition coefficient (Wildman–Crippen LogP) is 1.47. The molecule has 0 spiro atoms. The number of nitrogens with one attached hydrogen (secondary N) is 1. The number of thiazole rings is 1. The SMILES string of the molecule is O=C(c1csc2cncn12)N1CC[C@@H]2CNC[C@@H]2CC1. The van der Waals surface area contributed by atoms with E-state index in [1.165, 1.54) is 0 Å². The molecular weight excluding hydrogens is 272 g/mol. The Morgan fingerprint density at radius 3 is 2.80 bits per heavy atom. The van der Waals surface area contributed by atoms with Crippen LogP contribution in [0.2, 0.25) is 0 Å². The average Bonchev–Trinajstić information content (AvgIpc) is 3.12. The van der Waals surface area contributed by atoms with Gasteiger partial charge in [0.2, 0.25) is 0 Å². The van der Waals surface area contributed by atoms with Gasteiger partial charge in [0.25, 0.3) is 5.91 Å². The zero-order chi connectivity index (χ0) is 13.5. The minimum Gasteiger partial charge on any atom is -0.337 e. The van der Waals surface area contributed by atoms with Crippen LogP contribution >= 0.6 is 11.3 Å². The van der Waals surface area contributed by atoms with Crippen LogP contribution in [0.25, 0.3) is 4.83 Å². The number of aromatic nitrogens is 2. The highest BCUT2D eigenvalue weighted by atomic mass is 32.1. The van der Waals surface area contributed by atoms with E-state index in [0.29, 0.717) is 0 Å². The number of carbonyl (C=O) groups excluding carboxylic acids is 1. The Labute approximate surface area is 121 Å². The van der Waals surface area contributed by atoms with Gasteiger partial charge in [-0.05, 0) is 37.8 Å². The standard InChI is InChI=1S/C14H18N4OS/c19-14(12-8-20-13-7-16-9-18(12)13)17-3-1-10-5-15-6-11(10)2-4-17/h7-11,15H,1-6H2/t10-,11+. The lowest BCUT2D eigenvalue weighted by molar-refractivity contribution is 0.0752. The first-order chi connectivity index (χ1) is 9.83. The molecule has 1 amide bonds. The highest BCUT2D eigenvalue weighted by Gasteiger charge is 2.32. The van der Waals surface area contributed by atoms with E-state index in [1.807, 2.05) is 14.7 Å². The fraction of sp³-hybridized carbons (Fsp3) is 0.571. The zero-order valence-corrected chi connectivity index (χ0v) is 12.1. The van der Waals surface area contributed by atoms with Crippen molar-refractivity contribution in [2.45, 2.75) is 12.8 Å². The normalized spacial score (nSPS) is 26.7. The van der Waals surface area contributed by atoms with Crippen LogP contribution in [-0.4, -0.2) is 46.4 Å². The molecule has 2 aliphatic rings. The molecule has 0 bridgehead atoms. The van der Waals surface area contributed by atoms with E-state index in [4.69, 9.17) is 0 Å². The van der Waals surface area contributed by atoms with Crippen molar-refractivity contribution in [3.05, 3.63) is 23.6 Å². The van der Waals surface area contributed by atoms with Gasteiger partial charge >= 0.3 is 0 Å². The van der Waals surface area contributed by atoms with Crippen molar-refractivity contribution < 1.29 is 4.79 Å². The third kappa shape index (κ3) is 1.94. The molecule has 4 heterocycles. The van der Waals surface area contributed by atoms with Crippen LogP contribution in [0.5, 0.6) is 0 Å². The molecule has 20 heavy (non-hydrogen) atoms. The zero-order valence-electron chi connectivity index (χ0n) is 11.3. The summed E-state index contributed by atoms with van der Waals surface area (Å²) < 4.78 is 1.90. The van der Waals surface area contributed by atoms with Crippen LogP contribution < -0.4 is 5.32 Å². The van der Waals surface area contributed by atoms with Crippen molar-refractivity contribution in [1.82, 2.24) is 19.6 Å². The highest BCUT2D eigenvalue weighted by molar-refractivity contribution is 7.15. The summed E-state index contributed by atoms with van der Waals surface area (Å²) >= 11 is 1.58. The summed E-state index contributed by atoms with van der Waals surface area (Å²) in [6.07, 6.45) is 5.79. The van der Waals surface area contributed by atoms with E-state index in [1.54, 1.807) is 23.9 Å². The summed E-state index contributed by atoms with van der Waals surface area (Å²) in [5.41, 5.74) is 0.757. The fourth-order valence-corrected chi connectivity index (χ4v) is 4.29. The number of amides is 1.